The Morgan fingerprint density at radius 2 is 2.09 bits per heavy atom. The molecule has 0 fully saturated rings. The fourth-order valence-electron chi connectivity index (χ4n) is 1.72. The zero-order valence-electron chi connectivity index (χ0n) is 11.8. The number of halogens is 3. The Balaban J connectivity index is 1.80. The molecule has 0 radical (unpaired) electrons. The molecular weight excluding hydrogens is 331 g/mol. The standard InChI is InChI=1S/C15H14F3NO3S/c16-15(17,18)10-3-1-4-12(7-10)22-9-11(20)8-19-14(21)13-5-2-6-23-13/h1-7,11,20H,8-9H2,(H,19,21)/t11-/m0/s1. The topological polar surface area (TPSA) is 58.6 Å². The molecule has 0 spiro atoms. The van der Waals surface area contributed by atoms with E-state index in [2.05, 4.69) is 5.32 Å². The minimum atomic E-state index is -4.45. The van der Waals surface area contributed by atoms with E-state index in [1.165, 1.54) is 23.5 Å². The van der Waals surface area contributed by atoms with Crippen molar-refractivity contribution in [2.75, 3.05) is 13.2 Å². The van der Waals surface area contributed by atoms with Crippen molar-refractivity contribution in [3.05, 3.63) is 52.2 Å². The molecule has 4 nitrogen and oxygen atoms in total. The second kappa shape index (κ2) is 7.47. The lowest BCUT2D eigenvalue weighted by Crippen LogP contribution is -2.35. The molecule has 0 aliphatic heterocycles. The lowest BCUT2D eigenvalue weighted by atomic mass is 10.2. The van der Waals surface area contributed by atoms with E-state index in [0.29, 0.717) is 4.88 Å². The number of hydrogen-bond acceptors (Lipinski definition) is 4. The van der Waals surface area contributed by atoms with Crippen LogP contribution in [0.2, 0.25) is 0 Å². The van der Waals surface area contributed by atoms with Gasteiger partial charge in [0, 0.05) is 6.54 Å². The molecule has 0 aliphatic rings. The molecule has 0 bridgehead atoms. The van der Waals surface area contributed by atoms with Crippen LogP contribution < -0.4 is 10.1 Å². The highest BCUT2D eigenvalue weighted by Crippen LogP contribution is 2.31. The maximum absolute atomic E-state index is 12.6. The van der Waals surface area contributed by atoms with Crippen LogP contribution in [0, 0.1) is 0 Å². The van der Waals surface area contributed by atoms with Crippen LogP contribution in [0.3, 0.4) is 0 Å². The summed E-state index contributed by atoms with van der Waals surface area (Å²) in [6, 6.07) is 7.76. The first-order valence-corrected chi connectivity index (χ1v) is 7.54. The average Bonchev–Trinajstić information content (AvgIpc) is 3.04. The number of rotatable bonds is 6. The largest absolute Gasteiger partial charge is 0.491 e. The van der Waals surface area contributed by atoms with E-state index < -0.39 is 17.8 Å². The van der Waals surface area contributed by atoms with E-state index in [0.717, 1.165) is 12.1 Å². The van der Waals surface area contributed by atoms with Gasteiger partial charge in [-0.3, -0.25) is 4.79 Å². The zero-order valence-corrected chi connectivity index (χ0v) is 12.7. The Morgan fingerprint density at radius 1 is 1.30 bits per heavy atom. The number of amides is 1. The predicted octanol–water partition coefficient (Wildman–Crippen LogP) is 2.94. The Morgan fingerprint density at radius 3 is 2.74 bits per heavy atom. The van der Waals surface area contributed by atoms with Gasteiger partial charge in [0.2, 0.25) is 0 Å². The number of alkyl halides is 3. The fourth-order valence-corrected chi connectivity index (χ4v) is 2.36. The number of hydrogen-bond donors (Lipinski definition) is 2. The van der Waals surface area contributed by atoms with Gasteiger partial charge in [0.1, 0.15) is 18.5 Å². The quantitative estimate of drug-likeness (QED) is 0.846. The molecule has 124 valence electrons. The van der Waals surface area contributed by atoms with E-state index >= 15 is 0 Å². The number of ether oxygens (including phenoxy) is 1. The zero-order chi connectivity index (χ0) is 16.9. The number of nitrogens with one attached hydrogen (secondary N) is 1. The van der Waals surface area contributed by atoms with Crippen molar-refractivity contribution in [1.82, 2.24) is 5.32 Å². The van der Waals surface area contributed by atoms with E-state index in [9.17, 15) is 23.1 Å². The number of carbonyl (C=O) groups excluding carboxylic acids is 1. The van der Waals surface area contributed by atoms with Crippen molar-refractivity contribution < 1.29 is 27.8 Å². The number of thiophene rings is 1. The summed E-state index contributed by atoms with van der Waals surface area (Å²) < 4.78 is 42.8. The van der Waals surface area contributed by atoms with E-state index in [1.54, 1.807) is 17.5 Å². The SMILES string of the molecule is O=C(NC[C@H](O)COc1cccc(C(F)(F)F)c1)c1cccs1. The summed E-state index contributed by atoms with van der Waals surface area (Å²) in [5.41, 5.74) is -0.824. The molecule has 1 heterocycles. The minimum absolute atomic E-state index is 0.00320. The smallest absolute Gasteiger partial charge is 0.416 e. The van der Waals surface area contributed by atoms with Gasteiger partial charge in [0.25, 0.3) is 5.91 Å². The molecule has 0 saturated heterocycles. The van der Waals surface area contributed by atoms with Gasteiger partial charge in [-0.25, -0.2) is 0 Å². The van der Waals surface area contributed by atoms with Crippen LogP contribution in [0.4, 0.5) is 13.2 Å². The maximum Gasteiger partial charge on any atom is 0.416 e. The minimum Gasteiger partial charge on any atom is -0.491 e. The summed E-state index contributed by atoms with van der Waals surface area (Å²) in [5.74, 6) is -0.318. The van der Waals surface area contributed by atoms with Crippen molar-refractivity contribution in [2.24, 2.45) is 0 Å². The van der Waals surface area contributed by atoms with Crippen molar-refractivity contribution in [3.8, 4) is 5.75 Å². The highest BCUT2D eigenvalue weighted by Gasteiger charge is 2.30. The van der Waals surface area contributed by atoms with Crippen LogP contribution in [0.25, 0.3) is 0 Å². The average molecular weight is 345 g/mol. The summed E-state index contributed by atoms with van der Waals surface area (Å²) in [5, 5.41) is 14.0. The maximum atomic E-state index is 12.6. The molecule has 0 aliphatic carbocycles. The molecule has 1 atom stereocenters. The molecule has 2 rings (SSSR count). The first-order chi connectivity index (χ1) is 10.9. The summed E-state index contributed by atoms with van der Waals surface area (Å²) in [7, 11) is 0. The van der Waals surface area contributed by atoms with Crippen LogP contribution in [0.5, 0.6) is 5.75 Å². The van der Waals surface area contributed by atoms with Gasteiger partial charge in [-0.05, 0) is 29.6 Å². The molecule has 1 aromatic heterocycles. The lowest BCUT2D eigenvalue weighted by Gasteiger charge is -2.14. The first kappa shape index (κ1) is 17.3. The van der Waals surface area contributed by atoms with E-state index in [1.807, 2.05) is 0 Å². The van der Waals surface area contributed by atoms with Crippen molar-refractivity contribution >= 4 is 17.2 Å². The molecule has 23 heavy (non-hydrogen) atoms. The monoisotopic (exact) mass is 345 g/mol. The third kappa shape index (κ3) is 5.26. The van der Waals surface area contributed by atoms with Gasteiger partial charge in [-0.2, -0.15) is 13.2 Å². The lowest BCUT2D eigenvalue weighted by molar-refractivity contribution is -0.137. The van der Waals surface area contributed by atoms with Crippen molar-refractivity contribution in [3.63, 3.8) is 0 Å². The molecule has 0 saturated carbocycles. The molecule has 2 N–H and O–H groups in total. The van der Waals surface area contributed by atoms with E-state index in [-0.39, 0.29) is 24.8 Å². The fraction of sp³-hybridized carbons (Fsp3) is 0.267. The highest BCUT2D eigenvalue weighted by molar-refractivity contribution is 7.12. The number of aliphatic hydroxyl groups is 1. The van der Waals surface area contributed by atoms with Crippen molar-refractivity contribution in [1.29, 1.82) is 0 Å². The molecule has 8 heteroatoms. The summed E-state index contributed by atoms with van der Waals surface area (Å²) in [4.78, 5) is 12.2. The molecule has 2 aromatic rings. The first-order valence-electron chi connectivity index (χ1n) is 6.66. The van der Waals surface area contributed by atoms with Crippen LogP contribution in [-0.2, 0) is 6.18 Å². The third-order valence-electron chi connectivity index (χ3n) is 2.85. The van der Waals surface area contributed by atoms with Gasteiger partial charge in [0.05, 0.1) is 10.4 Å². The molecule has 1 aromatic carbocycles. The third-order valence-corrected chi connectivity index (χ3v) is 3.72. The van der Waals surface area contributed by atoms with Crippen molar-refractivity contribution in [2.45, 2.75) is 12.3 Å². The van der Waals surface area contributed by atoms with Crippen LogP contribution in [0.1, 0.15) is 15.2 Å². The second-order valence-electron chi connectivity index (χ2n) is 4.68. The predicted molar refractivity (Wildman–Crippen MR) is 79.6 cm³/mol. The van der Waals surface area contributed by atoms with Crippen LogP contribution >= 0.6 is 11.3 Å². The summed E-state index contributed by atoms with van der Waals surface area (Å²) in [6.07, 6.45) is -5.49. The Hall–Kier alpha value is -2.06. The van der Waals surface area contributed by atoms with Gasteiger partial charge < -0.3 is 15.2 Å². The van der Waals surface area contributed by atoms with Crippen LogP contribution in [0.15, 0.2) is 41.8 Å². The van der Waals surface area contributed by atoms with Gasteiger partial charge in [0.15, 0.2) is 0 Å². The molecule has 0 unspecified atom stereocenters. The Bertz CT molecular complexity index is 644. The van der Waals surface area contributed by atoms with Gasteiger partial charge >= 0.3 is 6.18 Å². The number of aliphatic hydroxyl groups excluding tert-OH is 1. The Labute approximate surface area is 134 Å². The Kier molecular flexibility index (Phi) is 5.62. The second-order valence-corrected chi connectivity index (χ2v) is 5.63. The van der Waals surface area contributed by atoms with Gasteiger partial charge in [-0.15, -0.1) is 11.3 Å². The summed E-state index contributed by atoms with van der Waals surface area (Å²) in [6.45, 7) is -0.290. The number of carbonyl (C=O) groups is 1. The van der Waals surface area contributed by atoms with Crippen LogP contribution in [-0.4, -0.2) is 30.3 Å². The highest BCUT2D eigenvalue weighted by atomic mass is 32.1. The molecule has 1 amide bonds. The molecular formula is C15H14F3NO3S. The van der Waals surface area contributed by atoms with Gasteiger partial charge in [-0.1, -0.05) is 12.1 Å². The van der Waals surface area contributed by atoms with E-state index in [4.69, 9.17) is 4.74 Å². The summed E-state index contributed by atoms with van der Waals surface area (Å²) >= 11 is 1.27. The number of benzene rings is 1. The normalized spacial score (nSPS) is 12.7.